The number of ketones is 1. The van der Waals surface area contributed by atoms with Crippen molar-refractivity contribution in [1.29, 1.82) is 0 Å². The third-order valence-electron chi connectivity index (χ3n) is 10.6. The molecule has 4 nitrogen and oxygen atoms in total. The van der Waals surface area contributed by atoms with Crippen molar-refractivity contribution < 1.29 is 4.79 Å². The fourth-order valence-electron chi connectivity index (χ4n) is 8.04. The number of carbonyl (C=O) groups is 1. The summed E-state index contributed by atoms with van der Waals surface area (Å²) < 4.78 is 0. The molecule has 0 aliphatic heterocycles. The molecule has 51 heavy (non-hydrogen) atoms. The number of Topliss-reactive ketones (excluding diaryl/α,β-unsaturated/α-hetero) is 1. The van der Waals surface area contributed by atoms with Crippen LogP contribution in [0.1, 0.15) is 25.3 Å². The van der Waals surface area contributed by atoms with E-state index in [9.17, 15) is 4.79 Å². The molecular weight excluding hydrogens is 623 g/mol. The highest BCUT2D eigenvalue weighted by Gasteiger charge is 2.44. The lowest BCUT2D eigenvalue weighted by atomic mass is 9.62. The van der Waals surface area contributed by atoms with E-state index in [1.807, 2.05) is 60.7 Å². The Morgan fingerprint density at radius 3 is 1.24 bits per heavy atom. The second kappa shape index (κ2) is 12.6. The van der Waals surface area contributed by atoms with Gasteiger partial charge < -0.3 is 0 Å². The fraction of sp³-hybridized carbons (Fsp3) is 0.106. The Morgan fingerprint density at radius 2 is 0.765 bits per heavy atom. The topological polar surface area (TPSA) is 55.7 Å². The van der Waals surface area contributed by atoms with Crippen molar-refractivity contribution in [1.82, 2.24) is 15.0 Å². The molecule has 1 fully saturated rings. The van der Waals surface area contributed by atoms with Crippen molar-refractivity contribution in [2.45, 2.75) is 19.8 Å². The Labute approximate surface area is 297 Å². The zero-order valence-electron chi connectivity index (χ0n) is 28.5. The molecule has 4 heteroatoms. The highest BCUT2D eigenvalue weighted by Crippen LogP contribution is 2.47. The number of carbonyl (C=O) groups excluding carboxylic acids is 1. The van der Waals surface area contributed by atoms with E-state index >= 15 is 0 Å². The van der Waals surface area contributed by atoms with Gasteiger partial charge in [0.25, 0.3) is 0 Å². The second-order valence-electron chi connectivity index (χ2n) is 13.6. The molecule has 2 unspecified atom stereocenters. The average molecular weight is 658 g/mol. The second-order valence-corrected chi connectivity index (χ2v) is 13.6. The van der Waals surface area contributed by atoms with E-state index < -0.39 is 0 Å². The Balaban J connectivity index is 1.18. The monoisotopic (exact) mass is 657 g/mol. The van der Waals surface area contributed by atoms with Crippen molar-refractivity contribution in [3.8, 4) is 56.4 Å². The molecule has 1 heterocycles. The minimum atomic E-state index is 0.0569. The molecule has 7 aromatic carbocycles. The summed E-state index contributed by atoms with van der Waals surface area (Å²) in [5.41, 5.74) is 8.79. The maximum Gasteiger partial charge on any atom is 0.164 e. The SMILES string of the molecule is CC1C(=O)C(C)C1c1cccc(-c2c3ccccc3c(-c3ccc(-c4nc(-c5ccccc5)nc(-c5ccccc5)n4)cc3)c3ccccc23)c1. The first-order valence-corrected chi connectivity index (χ1v) is 17.6. The number of fused-ring (bicyclic) bond motifs is 2. The average Bonchev–Trinajstić information content (AvgIpc) is 3.20. The highest BCUT2D eigenvalue weighted by molar-refractivity contribution is 6.21. The van der Waals surface area contributed by atoms with Crippen LogP contribution < -0.4 is 0 Å². The Bertz CT molecular complexity index is 2450. The van der Waals surface area contributed by atoms with Crippen LogP contribution in [-0.4, -0.2) is 20.7 Å². The lowest BCUT2D eigenvalue weighted by Crippen LogP contribution is -2.42. The van der Waals surface area contributed by atoms with Gasteiger partial charge in [-0.15, -0.1) is 0 Å². The number of hydrogen-bond acceptors (Lipinski definition) is 4. The third-order valence-corrected chi connectivity index (χ3v) is 10.6. The predicted octanol–water partition coefficient (Wildman–Crippen LogP) is 11.5. The molecule has 0 saturated heterocycles. The van der Waals surface area contributed by atoms with Gasteiger partial charge in [0.1, 0.15) is 5.78 Å². The standard InChI is InChI=1S/C47H35N3O/c1-29-41(30(2)44(29)51)35-18-13-19-36(28-35)43-39-22-11-9-20-37(39)42(38-21-10-12-23-40(38)43)31-24-26-34(27-25-31)47-49-45(32-14-5-3-6-15-32)48-46(50-47)33-16-7-4-8-17-33/h3-30,41H,1-2H3. The van der Waals surface area contributed by atoms with E-state index in [1.54, 1.807) is 0 Å². The molecule has 1 aliphatic rings. The van der Waals surface area contributed by atoms with Crippen LogP contribution in [0.2, 0.25) is 0 Å². The Hall–Kier alpha value is -6.26. The quantitative estimate of drug-likeness (QED) is 0.167. The van der Waals surface area contributed by atoms with Crippen LogP contribution in [0.3, 0.4) is 0 Å². The minimum Gasteiger partial charge on any atom is -0.299 e. The van der Waals surface area contributed by atoms with Crippen molar-refractivity contribution in [2.75, 3.05) is 0 Å². The Kier molecular flexibility index (Phi) is 7.58. The fourth-order valence-corrected chi connectivity index (χ4v) is 8.04. The van der Waals surface area contributed by atoms with Crippen LogP contribution in [0, 0.1) is 11.8 Å². The number of rotatable bonds is 6. The van der Waals surface area contributed by atoms with Crippen LogP contribution in [0.4, 0.5) is 0 Å². The van der Waals surface area contributed by atoms with Crippen LogP contribution in [0.25, 0.3) is 78.0 Å². The minimum absolute atomic E-state index is 0.0569. The zero-order valence-corrected chi connectivity index (χ0v) is 28.5. The molecular formula is C47H35N3O. The molecule has 0 bridgehead atoms. The van der Waals surface area contributed by atoms with Crippen LogP contribution in [0.15, 0.2) is 158 Å². The largest absolute Gasteiger partial charge is 0.299 e. The van der Waals surface area contributed by atoms with Gasteiger partial charge in [0, 0.05) is 34.4 Å². The van der Waals surface area contributed by atoms with Gasteiger partial charge in [-0.25, -0.2) is 15.0 Å². The normalized spacial score (nSPS) is 17.1. The van der Waals surface area contributed by atoms with Crippen molar-refractivity contribution >= 4 is 27.3 Å². The summed E-state index contributed by atoms with van der Waals surface area (Å²) >= 11 is 0. The molecule has 244 valence electrons. The summed E-state index contributed by atoms with van der Waals surface area (Å²) in [5, 5.41) is 4.80. The van der Waals surface area contributed by atoms with Gasteiger partial charge in [0.05, 0.1) is 0 Å². The molecule has 8 aromatic rings. The number of hydrogen-bond donors (Lipinski definition) is 0. The molecule has 1 aromatic heterocycles. The smallest absolute Gasteiger partial charge is 0.164 e. The third kappa shape index (κ3) is 5.32. The molecule has 1 aliphatic carbocycles. The summed E-state index contributed by atoms with van der Waals surface area (Å²) in [7, 11) is 0. The first-order valence-electron chi connectivity index (χ1n) is 17.6. The van der Waals surface area contributed by atoms with Crippen molar-refractivity contribution in [3.63, 3.8) is 0 Å². The van der Waals surface area contributed by atoms with E-state index in [0.29, 0.717) is 23.3 Å². The van der Waals surface area contributed by atoms with Crippen molar-refractivity contribution in [2.24, 2.45) is 11.8 Å². The summed E-state index contributed by atoms with van der Waals surface area (Å²) in [6.07, 6.45) is 0. The molecule has 0 radical (unpaired) electrons. The molecule has 0 spiro atoms. The molecule has 1 saturated carbocycles. The Morgan fingerprint density at radius 1 is 0.392 bits per heavy atom. The van der Waals surface area contributed by atoms with Gasteiger partial charge in [-0.3, -0.25) is 4.79 Å². The van der Waals surface area contributed by atoms with Crippen LogP contribution in [-0.2, 0) is 4.79 Å². The van der Waals surface area contributed by atoms with Gasteiger partial charge in [-0.1, -0.05) is 172 Å². The van der Waals surface area contributed by atoms with Gasteiger partial charge >= 0.3 is 0 Å². The molecule has 9 rings (SSSR count). The number of aromatic nitrogens is 3. The van der Waals surface area contributed by atoms with Gasteiger partial charge in [-0.2, -0.15) is 0 Å². The summed E-state index contributed by atoms with van der Waals surface area (Å²) in [5.74, 6) is 2.66. The first kappa shape index (κ1) is 30.8. The van der Waals surface area contributed by atoms with Crippen LogP contribution in [0.5, 0.6) is 0 Å². The molecule has 0 amide bonds. The maximum atomic E-state index is 12.5. The van der Waals surface area contributed by atoms with Crippen molar-refractivity contribution in [3.05, 3.63) is 163 Å². The van der Waals surface area contributed by atoms with E-state index in [4.69, 9.17) is 15.0 Å². The number of benzene rings is 7. The highest BCUT2D eigenvalue weighted by atomic mass is 16.1. The number of nitrogens with zero attached hydrogens (tertiary/aromatic N) is 3. The van der Waals surface area contributed by atoms with Gasteiger partial charge in [0.2, 0.25) is 0 Å². The van der Waals surface area contributed by atoms with E-state index in [1.165, 1.54) is 43.8 Å². The van der Waals surface area contributed by atoms with Crippen LogP contribution >= 0.6 is 0 Å². The summed E-state index contributed by atoms with van der Waals surface area (Å²) in [6.45, 7) is 4.13. The zero-order chi connectivity index (χ0) is 34.5. The van der Waals surface area contributed by atoms with E-state index in [0.717, 1.165) is 22.3 Å². The lowest BCUT2D eigenvalue weighted by molar-refractivity contribution is -0.136. The van der Waals surface area contributed by atoms with Gasteiger partial charge in [-0.05, 0) is 49.4 Å². The molecule has 0 N–H and O–H groups in total. The molecule has 2 atom stereocenters. The predicted molar refractivity (Wildman–Crippen MR) is 208 cm³/mol. The maximum absolute atomic E-state index is 12.5. The van der Waals surface area contributed by atoms with Gasteiger partial charge in [0.15, 0.2) is 17.5 Å². The lowest BCUT2D eigenvalue weighted by Gasteiger charge is -2.39. The van der Waals surface area contributed by atoms with E-state index in [-0.39, 0.29) is 17.8 Å². The summed E-state index contributed by atoms with van der Waals surface area (Å²) in [6, 6.07) is 55.1. The first-order chi connectivity index (χ1) is 25.0. The van der Waals surface area contributed by atoms with E-state index in [2.05, 4.69) is 111 Å². The summed E-state index contributed by atoms with van der Waals surface area (Å²) in [4.78, 5) is 27.2.